The summed E-state index contributed by atoms with van der Waals surface area (Å²) < 4.78 is 0. The van der Waals surface area contributed by atoms with E-state index >= 15 is 0 Å². The van der Waals surface area contributed by atoms with Crippen molar-refractivity contribution in [3.63, 3.8) is 0 Å². The number of guanidine groups is 1. The van der Waals surface area contributed by atoms with Crippen LogP contribution in [-0.2, 0) is 0 Å². The van der Waals surface area contributed by atoms with Gasteiger partial charge in [-0.15, -0.1) is 11.3 Å². The van der Waals surface area contributed by atoms with Gasteiger partial charge in [-0.2, -0.15) is 0 Å². The highest BCUT2D eigenvalue weighted by molar-refractivity contribution is 7.14. The number of anilines is 1. The molecule has 108 valence electrons. The minimum absolute atomic E-state index is 0.419. The standard InChI is InChI=1S/C13H20N6S/c1-3-4-5-6-15-12(14)19-13-18-11(8-20-13)10-7-16-9(2)17-10/h7-8H,3-6H2,1-2H3,(H,16,17)(H3,14,15,18,19). The molecule has 0 saturated carbocycles. The molecule has 4 N–H and O–H groups in total. The molecule has 0 aromatic carbocycles. The first-order valence-corrected chi connectivity index (χ1v) is 7.61. The summed E-state index contributed by atoms with van der Waals surface area (Å²) in [5, 5.41) is 5.71. The van der Waals surface area contributed by atoms with Crippen LogP contribution in [-0.4, -0.2) is 27.5 Å². The zero-order valence-electron chi connectivity index (χ0n) is 11.8. The summed E-state index contributed by atoms with van der Waals surface area (Å²) in [4.78, 5) is 16.0. The molecule has 0 aliphatic rings. The highest BCUT2D eigenvalue weighted by Gasteiger charge is 2.07. The number of nitrogens with zero attached hydrogens (tertiary/aromatic N) is 3. The van der Waals surface area contributed by atoms with Crippen molar-refractivity contribution in [1.29, 1.82) is 0 Å². The maximum atomic E-state index is 5.83. The van der Waals surface area contributed by atoms with E-state index < -0.39 is 0 Å². The van der Waals surface area contributed by atoms with Gasteiger partial charge in [0.15, 0.2) is 11.1 Å². The van der Waals surface area contributed by atoms with Crippen molar-refractivity contribution in [1.82, 2.24) is 15.0 Å². The molecule has 0 aliphatic carbocycles. The Bertz CT molecular complexity index is 571. The molecule has 2 rings (SSSR count). The highest BCUT2D eigenvalue weighted by atomic mass is 32.1. The van der Waals surface area contributed by atoms with Crippen molar-refractivity contribution in [2.24, 2.45) is 10.7 Å². The molecule has 0 bridgehead atoms. The predicted octanol–water partition coefficient (Wildman–Crippen LogP) is 2.76. The minimum Gasteiger partial charge on any atom is -0.370 e. The molecular weight excluding hydrogens is 272 g/mol. The summed E-state index contributed by atoms with van der Waals surface area (Å²) in [5.41, 5.74) is 7.59. The molecule has 2 heterocycles. The number of hydrogen-bond donors (Lipinski definition) is 3. The summed E-state index contributed by atoms with van der Waals surface area (Å²) in [5.74, 6) is 1.29. The number of aliphatic imine (C=N–C) groups is 1. The molecule has 0 radical (unpaired) electrons. The smallest absolute Gasteiger partial charge is 0.194 e. The Morgan fingerprint density at radius 1 is 1.50 bits per heavy atom. The fourth-order valence-corrected chi connectivity index (χ4v) is 2.43. The van der Waals surface area contributed by atoms with E-state index in [1.807, 2.05) is 12.3 Å². The number of H-pyrrole nitrogens is 1. The average molecular weight is 292 g/mol. The predicted molar refractivity (Wildman–Crippen MR) is 84.1 cm³/mol. The monoisotopic (exact) mass is 292 g/mol. The van der Waals surface area contributed by atoms with Crippen LogP contribution in [0.25, 0.3) is 11.4 Å². The van der Waals surface area contributed by atoms with E-state index in [1.165, 1.54) is 24.2 Å². The molecule has 0 amide bonds. The van der Waals surface area contributed by atoms with Gasteiger partial charge in [0.2, 0.25) is 0 Å². The van der Waals surface area contributed by atoms with Crippen LogP contribution in [0, 0.1) is 6.92 Å². The van der Waals surface area contributed by atoms with Crippen LogP contribution >= 0.6 is 11.3 Å². The van der Waals surface area contributed by atoms with Crippen LogP contribution in [0.15, 0.2) is 16.6 Å². The lowest BCUT2D eigenvalue weighted by Crippen LogP contribution is -2.22. The number of thiazole rings is 1. The quantitative estimate of drug-likeness (QED) is 0.433. The van der Waals surface area contributed by atoms with E-state index in [4.69, 9.17) is 5.73 Å². The topological polar surface area (TPSA) is 92.0 Å². The van der Waals surface area contributed by atoms with Crippen LogP contribution in [0.2, 0.25) is 0 Å². The zero-order chi connectivity index (χ0) is 14.4. The number of aromatic nitrogens is 3. The first kappa shape index (κ1) is 14.5. The highest BCUT2D eigenvalue weighted by Crippen LogP contribution is 2.23. The number of hydrogen-bond acceptors (Lipinski definition) is 4. The molecule has 0 aliphatic heterocycles. The van der Waals surface area contributed by atoms with Gasteiger partial charge in [0.25, 0.3) is 0 Å². The van der Waals surface area contributed by atoms with Crippen molar-refractivity contribution in [3.05, 3.63) is 17.4 Å². The van der Waals surface area contributed by atoms with E-state index in [0.717, 1.165) is 35.3 Å². The first-order valence-electron chi connectivity index (χ1n) is 6.73. The maximum Gasteiger partial charge on any atom is 0.194 e. The van der Waals surface area contributed by atoms with Gasteiger partial charge in [-0.05, 0) is 13.3 Å². The fraction of sp³-hybridized carbons (Fsp3) is 0.462. The third-order valence-corrected chi connectivity index (χ3v) is 3.52. The van der Waals surface area contributed by atoms with Crippen LogP contribution in [0.3, 0.4) is 0 Å². The number of aromatic amines is 1. The minimum atomic E-state index is 0.419. The van der Waals surface area contributed by atoms with Gasteiger partial charge in [0, 0.05) is 11.9 Å². The number of aryl methyl sites for hydroxylation is 1. The number of unbranched alkanes of at least 4 members (excludes halogenated alkanes) is 2. The fourth-order valence-electron chi connectivity index (χ4n) is 1.72. The van der Waals surface area contributed by atoms with Crippen molar-refractivity contribution in [2.75, 3.05) is 11.9 Å². The molecule has 2 aromatic heterocycles. The van der Waals surface area contributed by atoms with Gasteiger partial charge in [-0.1, -0.05) is 19.8 Å². The van der Waals surface area contributed by atoms with Crippen molar-refractivity contribution < 1.29 is 0 Å². The Balaban J connectivity index is 1.92. The summed E-state index contributed by atoms with van der Waals surface area (Å²) in [6.07, 6.45) is 5.20. The third kappa shape index (κ3) is 4.06. The molecule has 0 saturated heterocycles. The summed E-state index contributed by atoms with van der Waals surface area (Å²) in [6.45, 7) is 4.83. The molecule has 7 heteroatoms. The lowest BCUT2D eigenvalue weighted by Gasteiger charge is -2.01. The Hall–Kier alpha value is -1.89. The maximum absolute atomic E-state index is 5.83. The number of nitrogens with two attached hydrogens (primary N) is 1. The van der Waals surface area contributed by atoms with Gasteiger partial charge in [-0.3, -0.25) is 4.99 Å². The van der Waals surface area contributed by atoms with Crippen LogP contribution in [0.5, 0.6) is 0 Å². The van der Waals surface area contributed by atoms with Crippen LogP contribution < -0.4 is 11.1 Å². The molecular formula is C13H20N6S. The van der Waals surface area contributed by atoms with Gasteiger partial charge in [0.1, 0.15) is 11.5 Å². The molecule has 0 unspecified atom stereocenters. The van der Waals surface area contributed by atoms with Crippen LogP contribution in [0.1, 0.15) is 32.0 Å². The molecule has 20 heavy (non-hydrogen) atoms. The molecule has 2 aromatic rings. The molecule has 0 atom stereocenters. The summed E-state index contributed by atoms with van der Waals surface area (Å²) in [6, 6.07) is 0. The second-order valence-electron chi connectivity index (χ2n) is 4.52. The SMILES string of the molecule is CCCCCN=C(N)Nc1nc(-c2cnc(C)[nH]2)cs1. The lowest BCUT2D eigenvalue weighted by atomic mass is 10.2. The van der Waals surface area contributed by atoms with E-state index in [-0.39, 0.29) is 0 Å². The van der Waals surface area contributed by atoms with Gasteiger partial charge >= 0.3 is 0 Å². The Labute approximate surface area is 122 Å². The van der Waals surface area contributed by atoms with Crippen molar-refractivity contribution in [2.45, 2.75) is 33.1 Å². The van der Waals surface area contributed by atoms with Crippen LogP contribution in [0.4, 0.5) is 5.13 Å². The van der Waals surface area contributed by atoms with Gasteiger partial charge in [0.05, 0.1) is 11.9 Å². The van der Waals surface area contributed by atoms with Crippen molar-refractivity contribution in [3.8, 4) is 11.4 Å². The van der Waals surface area contributed by atoms with Gasteiger partial charge < -0.3 is 16.0 Å². The first-order chi connectivity index (χ1) is 9.69. The van der Waals surface area contributed by atoms with E-state index in [2.05, 4.69) is 32.2 Å². The van der Waals surface area contributed by atoms with E-state index in [0.29, 0.717) is 5.96 Å². The zero-order valence-corrected chi connectivity index (χ0v) is 12.6. The summed E-state index contributed by atoms with van der Waals surface area (Å²) >= 11 is 1.49. The second kappa shape index (κ2) is 7.04. The van der Waals surface area contributed by atoms with E-state index in [9.17, 15) is 0 Å². The van der Waals surface area contributed by atoms with Crippen molar-refractivity contribution >= 4 is 22.4 Å². The number of imidazole rings is 1. The average Bonchev–Trinajstić information content (AvgIpc) is 3.04. The Morgan fingerprint density at radius 3 is 3.05 bits per heavy atom. The number of rotatable bonds is 6. The molecule has 6 nitrogen and oxygen atoms in total. The second-order valence-corrected chi connectivity index (χ2v) is 5.38. The molecule has 0 spiro atoms. The Morgan fingerprint density at radius 2 is 2.35 bits per heavy atom. The van der Waals surface area contributed by atoms with Gasteiger partial charge in [-0.25, -0.2) is 9.97 Å². The normalized spacial score (nSPS) is 11.8. The number of nitrogens with one attached hydrogen (secondary N) is 2. The molecule has 0 fully saturated rings. The third-order valence-electron chi connectivity index (χ3n) is 2.76. The Kier molecular flexibility index (Phi) is 5.11. The largest absolute Gasteiger partial charge is 0.370 e. The van der Waals surface area contributed by atoms with E-state index in [1.54, 1.807) is 6.20 Å². The summed E-state index contributed by atoms with van der Waals surface area (Å²) in [7, 11) is 0. The lowest BCUT2D eigenvalue weighted by molar-refractivity contribution is 0.727.